The molecule has 0 spiro atoms. The fourth-order valence-corrected chi connectivity index (χ4v) is 8.19. The van der Waals surface area contributed by atoms with Gasteiger partial charge in [-0.3, -0.25) is 24.1 Å². The molecule has 214 valence electrons. The number of hydrogen-bond donors (Lipinski definition) is 1. The molecular weight excluding hydrogens is 619 g/mol. The fraction of sp³-hybridized carbons (Fsp3) is 0.400. The number of anilines is 1. The average molecular weight is 646 g/mol. The second-order valence-electron chi connectivity index (χ2n) is 11.2. The largest absolute Gasteiger partial charge is 0.503 e. The van der Waals surface area contributed by atoms with Crippen LogP contribution in [0.2, 0.25) is 5.02 Å². The van der Waals surface area contributed by atoms with Crippen LogP contribution in [-0.2, 0) is 19.2 Å². The minimum Gasteiger partial charge on any atom is -0.503 e. The lowest BCUT2D eigenvalue weighted by Gasteiger charge is -2.49. The van der Waals surface area contributed by atoms with E-state index in [2.05, 4.69) is 15.9 Å². The number of amides is 4. The number of allylic oxidation sites excluding steroid dienone is 2. The molecule has 11 heteroatoms. The first-order valence-electron chi connectivity index (χ1n) is 13.4. The summed E-state index contributed by atoms with van der Waals surface area (Å²) in [5.41, 5.74) is 0.274. The van der Waals surface area contributed by atoms with Crippen molar-refractivity contribution in [2.75, 3.05) is 18.6 Å². The first-order chi connectivity index (χ1) is 19.4. The van der Waals surface area contributed by atoms with Crippen molar-refractivity contribution in [3.8, 4) is 11.5 Å². The Hall–Kier alpha value is -3.24. The van der Waals surface area contributed by atoms with Gasteiger partial charge in [0.25, 0.3) is 0 Å². The van der Waals surface area contributed by atoms with Crippen LogP contribution in [0.25, 0.3) is 0 Å². The van der Waals surface area contributed by atoms with Gasteiger partial charge in [0.15, 0.2) is 11.5 Å². The summed E-state index contributed by atoms with van der Waals surface area (Å²) in [5.74, 6) is -5.21. The predicted molar refractivity (Wildman–Crippen MR) is 151 cm³/mol. The molecule has 2 aliphatic carbocycles. The summed E-state index contributed by atoms with van der Waals surface area (Å²) in [7, 11) is 1.41. The number of nitrogens with zero attached hydrogens (tertiary/aromatic N) is 2. The highest BCUT2D eigenvalue weighted by Crippen LogP contribution is 2.64. The van der Waals surface area contributed by atoms with Crippen LogP contribution in [0.1, 0.15) is 38.2 Å². The maximum atomic E-state index is 14.4. The molecule has 1 N–H and O–H groups in total. The monoisotopic (exact) mass is 644 g/mol. The number of rotatable bonds is 4. The molecule has 2 saturated heterocycles. The Morgan fingerprint density at radius 3 is 2.51 bits per heavy atom. The molecule has 2 aromatic rings. The van der Waals surface area contributed by atoms with Crippen LogP contribution in [-0.4, -0.2) is 47.3 Å². The molecule has 3 fully saturated rings. The SMILES string of the molecule is CCN1C(=O)[C@H]2[C@H](CC=C3[C@H]2C[C@H]2C(=O)N(c4ccc(F)c(Cl)c4)C(=O)[C@@]2(C)[C@H]3c2cc(Br)c(O)c(OC)c2)C1=O. The number of hydrogen-bond acceptors (Lipinski definition) is 6. The van der Waals surface area contributed by atoms with E-state index in [4.69, 9.17) is 16.3 Å². The van der Waals surface area contributed by atoms with Crippen molar-refractivity contribution >= 4 is 56.8 Å². The zero-order valence-electron chi connectivity index (χ0n) is 22.5. The van der Waals surface area contributed by atoms with Crippen LogP contribution in [0.5, 0.6) is 11.5 Å². The number of carbonyl (C=O) groups excluding carboxylic acids is 4. The highest BCUT2D eigenvalue weighted by Gasteiger charge is 2.67. The van der Waals surface area contributed by atoms with Gasteiger partial charge < -0.3 is 9.84 Å². The average Bonchev–Trinajstić information content (AvgIpc) is 3.31. The zero-order valence-corrected chi connectivity index (χ0v) is 24.8. The Balaban J connectivity index is 1.56. The fourth-order valence-electron chi connectivity index (χ4n) is 7.56. The Labute approximate surface area is 249 Å². The van der Waals surface area contributed by atoms with Crippen molar-refractivity contribution in [1.29, 1.82) is 0 Å². The number of likely N-dealkylation sites (tertiary alicyclic amines) is 1. The zero-order chi connectivity index (χ0) is 29.5. The van der Waals surface area contributed by atoms with Crippen molar-refractivity contribution in [2.45, 2.75) is 32.6 Å². The van der Waals surface area contributed by atoms with Crippen LogP contribution < -0.4 is 9.64 Å². The second-order valence-corrected chi connectivity index (χ2v) is 12.5. The molecule has 0 radical (unpaired) electrons. The molecule has 2 heterocycles. The van der Waals surface area contributed by atoms with Gasteiger partial charge in [0.2, 0.25) is 23.6 Å². The third-order valence-corrected chi connectivity index (χ3v) is 10.3. The van der Waals surface area contributed by atoms with Gasteiger partial charge in [-0.2, -0.15) is 0 Å². The lowest BCUT2D eigenvalue weighted by molar-refractivity contribution is -0.140. The third kappa shape index (κ3) is 3.75. The Morgan fingerprint density at radius 1 is 1.12 bits per heavy atom. The van der Waals surface area contributed by atoms with Crippen molar-refractivity contribution in [3.05, 3.63) is 62.9 Å². The van der Waals surface area contributed by atoms with E-state index < -0.39 is 52.6 Å². The predicted octanol–water partition coefficient (Wildman–Crippen LogP) is 5.21. The highest BCUT2D eigenvalue weighted by molar-refractivity contribution is 9.10. The summed E-state index contributed by atoms with van der Waals surface area (Å²) >= 11 is 9.42. The molecule has 0 unspecified atom stereocenters. The second kappa shape index (κ2) is 9.66. The number of ether oxygens (including phenoxy) is 1. The maximum Gasteiger partial charge on any atom is 0.241 e. The van der Waals surface area contributed by atoms with Crippen molar-refractivity contribution < 1.29 is 33.4 Å². The van der Waals surface area contributed by atoms with Gasteiger partial charge in [-0.25, -0.2) is 9.29 Å². The van der Waals surface area contributed by atoms with Gasteiger partial charge in [-0.15, -0.1) is 0 Å². The van der Waals surface area contributed by atoms with Gasteiger partial charge in [-0.05, 0) is 84.4 Å². The number of aromatic hydroxyl groups is 1. The number of benzene rings is 2. The summed E-state index contributed by atoms with van der Waals surface area (Å²) in [6.45, 7) is 3.76. The molecule has 6 rings (SSSR count). The van der Waals surface area contributed by atoms with Crippen molar-refractivity contribution in [3.63, 3.8) is 0 Å². The van der Waals surface area contributed by atoms with E-state index in [0.29, 0.717) is 16.5 Å². The number of imide groups is 2. The molecule has 41 heavy (non-hydrogen) atoms. The molecule has 1 saturated carbocycles. The molecule has 4 aliphatic rings. The molecular formula is C30H27BrClFN2O6. The summed E-state index contributed by atoms with van der Waals surface area (Å²) in [6, 6.07) is 7.03. The first kappa shape index (κ1) is 27.9. The van der Waals surface area contributed by atoms with Crippen molar-refractivity contribution in [1.82, 2.24) is 4.90 Å². The van der Waals surface area contributed by atoms with Gasteiger partial charge in [0.1, 0.15) is 5.82 Å². The summed E-state index contributed by atoms with van der Waals surface area (Å²) in [5, 5.41) is 10.3. The number of phenols is 1. The van der Waals surface area contributed by atoms with E-state index in [0.717, 1.165) is 16.5 Å². The number of methoxy groups -OCH3 is 1. The van der Waals surface area contributed by atoms with Crippen LogP contribution in [0.15, 0.2) is 46.5 Å². The van der Waals surface area contributed by atoms with Crippen molar-refractivity contribution in [2.24, 2.45) is 29.1 Å². The van der Waals surface area contributed by atoms with E-state index in [1.54, 1.807) is 26.0 Å². The minimum absolute atomic E-state index is 0.116. The van der Waals surface area contributed by atoms with Gasteiger partial charge in [-0.1, -0.05) is 23.3 Å². The normalized spacial score (nSPS) is 30.8. The Kier molecular flexibility index (Phi) is 6.57. The van der Waals surface area contributed by atoms with Gasteiger partial charge in [0, 0.05) is 12.5 Å². The smallest absolute Gasteiger partial charge is 0.241 e. The molecule has 4 amide bonds. The molecule has 0 aromatic heterocycles. The number of fused-ring (bicyclic) bond motifs is 4. The summed E-state index contributed by atoms with van der Waals surface area (Å²) < 4.78 is 19.8. The highest BCUT2D eigenvalue weighted by atomic mass is 79.9. The van der Waals surface area contributed by atoms with Crippen LogP contribution in [0.4, 0.5) is 10.1 Å². The number of phenolic OH excluding ortho intramolecular Hbond substituents is 1. The van der Waals surface area contributed by atoms with E-state index in [1.165, 1.54) is 24.1 Å². The van der Waals surface area contributed by atoms with E-state index in [1.807, 2.05) is 6.08 Å². The molecule has 2 aliphatic heterocycles. The van der Waals surface area contributed by atoms with E-state index in [9.17, 15) is 28.7 Å². The number of halogens is 3. The molecule has 2 aromatic carbocycles. The molecule has 0 bridgehead atoms. The van der Waals surface area contributed by atoms with Crippen LogP contribution in [0, 0.1) is 34.9 Å². The molecule has 8 nitrogen and oxygen atoms in total. The quantitative estimate of drug-likeness (QED) is 0.362. The number of carbonyl (C=O) groups is 4. The topological polar surface area (TPSA) is 104 Å². The van der Waals surface area contributed by atoms with E-state index >= 15 is 0 Å². The first-order valence-corrected chi connectivity index (χ1v) is 14.6. The van der Waals surface area contributed by atoms with Gasteiger partial charge >= 0.3 is 0 Å². The molecule has 6 atom stereocenters. The Morgan fingerprint density at radius 2 is 1.85 bits per heavy atom. The van der Waals surface area contributed by atoms with Crippen LogP contribution in [0.3, 0.4) is 0 Å². The van der Waals surface area contributed by atoms with E-state index in [-0.39, 0.29) is 47.0 Å². The Bertz CT molecular complexity index is 1580. The lowest BCUT2D eigenvalue weighted by Crippen LogP contribution is -2.48. The lowest BCUT2D eigenvalue weighted by atomic mass is 9.51. The minimum atomic E-state index is -1.30. The maximum absolute atomic E-state index is 14.4. The summed E-state index contributed by atoms with van der Waals surface area (Å²) in [4.78, 5) is 57.5. The van der Waals surface area contributed by atoms with Crippen LogP contribution >= 0.6 is 27.5 Å². The third-order valence-electron chi connectivity index (χ3n) is 9.45. The summed E-state index contributed by atoms with van der Waals surface area (Å²) in [6.07, 6.45) is 2.48. The van der Waals surface area contributed by atoms with Gasteiger partial charge in [0.05, 0.1) is 45.5 Å². The standard InChI is InChI=1S/C30H27BrClFN2O6/c1-4-34-26(37)16-7-6-15-17(23(16)28(34)39)12-18-27(38)35(14-5-8-21(33)20(32)11-14)29(40)30(18,2)24(15)13-9-19(31)25(36)22(10-13)41-3/h5-6,8-11,16-18,23-24,36H,4,7,12H2,1-3H3/t16-,17+,18-,23-,24-,30+/m0/s1.